The lowest BCUT2D eigenvalue weighted by atomic mass is 9.95. The van der Waals surface area contributed by atoms with Crippen LogP contribution >= 0.6 is 0 Å². The van der Waals surface area contributed by atoms with Gasteiger partial charge in [-0.3, -0.25) is 4.90 Å². The van der Waals surface area contributed by atoms with E-state index in [9.17, 15) is 8.42 Å². The molecule has 3 fully saturated rings. The maximum atomic E-state index is 12.3. The Balaban J connectivity index is 1.70. The monoisotopic (exact) mass is 272 g/mol. The lowest BCUT2D eigenvalue weighted by Gasteiger charge is -2.30. The van der Waals surface area contributed by atoms with E-state index in [1.54, 1.807) is 0 Å². The Bertz CT molecular complexity index is 384. The van der Waals surface area contributed by atoms with Crippen molar-refractivity contribution >= 4 is 10.0 Å². The molecule has 2 heterocycles. The predicted octanol–water partition coefficient (Wildman–Crippen LogP) is 1.43. The maximum Gasteiger partial charge on any atom is 0.216 e. The van der Waals surface area contributed by atoms with Crippen molar-refractivity contribution in [3.05, 3.63) is 0 Å². The van der Waals surface area contributed by atoms with Crippen LogP contribution in [0.25, 0.3) is 0 Å². The standard InChI is InChI=1S/C13H24N2O2S/c16-18(17)11-13(14-8-4-5-9-14)10-15(18)12-6-2-1-3-7-12/h12-13H,1-11H2. The number of hydrogen-bond acceptors (Lipinski definition) is 3. The van der Waals surface area contributed by atoms with Crippen LogP contribution in [0.15, 0.2) is 0 Å². The Hall–Kier alpha value is -0.130. The van der Waals surface area contributed by atoms with Crippen molar-refractivity contribution in [3.8, 4) is 0 Å². The first-order chi connectivity index (χ1) is 8.67. The third-order valence-corrected chi connectivity index (χ3v) is 6.76. The van der Waals surface area contributed by atoms with Crippen LogP contribution in [0, 0.1) is 0 Å². The van der Waals surface area contributed by atoms with Crippen LogP contribution in [0.4, 0.5) is 0 Å². The number of rotatable bonds is 2. The Kier molecular flexibility index (Phi) is 3.65. The quantitative estimate of drug-likeness (QED) is 0.763. The van der Waals surface area contributed by atoms with Crippen LogP contribution in [0.3, 0.4) is 0 Å². The maximum absolute atomic E-state index is 12.3. The highest BCUT2D eigenvalue weighted by atomic mass is 32.2. The topological polar surface area (TPSA) is 40.6 Å². The largest absolute Gasteiger partial charge is 0.298 e. The smallest absolute Gasteiger partial charge is 0.216 e. The fourth-order valence-electron chi connectivity index (χ4n) is 3.79. The first-order valence-electron chi connectivity index (χ1n) is 7.40. The zero-order valence-corrected chi connectivity index (χ0v) is 11.9. The minimum absolute atomic E-state index is 0.263. The average molecular weight is 272 g/mol. The van der Waals surface area contributed by atoms with Gasteiger partial charge < -0.3 is 0 Å². The molecule has 3 rings (SSSR count). The van der Waals surface area contributed by atoms with Crippen LogP contribution in [0.1, 0.15) is 44.9 Å². The third kappa shape index (κ3) is 2.45. The molecule has 0 spiro atoms. The summed E-state index contributed by atoms with van der Waals surface area (Å²) < 4.78 is 26.5. The van der Waals surface area contributed by atoms with Crippen molar-refractivity contribution in [2.75, 3.05) is 25.4 Å². The van der Waals surface area contributed by atoms with Gasteiger partial charge >= 0.3 is 0 Å². The molecular weight excluding hydrogens is 248 g/mol. The molecule has 0 N–H and O–H groups in total. The normalized spacial score (nSPS) is 35.2. The molecule has 0 amide bonds. The number of nitrogens with zero attached hydrogens (tertiary/aromatic N) is 2. The van der Waals surface area contributed by atoms with Crippen molar-refractivity contribution in [2.24, 2.45) is 0 Å². The summed E-state index contributed by atoms with van der Waals surface area (Å²) in [7, 11) is -2.98. The van der Waals surface area contributed by atoms with E-state index >= 15 is 0 Å². The van der Waals surface area contributed by atoms with Crippen molar-refractivity contribution < 1.29 is 8.42 Å². The van der Waals surface area contributed by atoms with Crippen LogP contribution in [-0.2, 0) is 10.0 Å². The zero-order valence-electron chi connectivity index (χ0n) is 11.1. The molecule has 18 heavy (non-hydrogen) atoms. The molecule has 1 atom stereocenters. The third-order valence-electron chi connectivity index (χ3n) is 4.79. The summed E-state index contributed by atoms with van der Waals surface area (Å²) in [6.45, 7) is 2.95. The van der Waals surface area contributed by atoms with E-state index < -0.39 is 10.0 Å². The highest BCUT2D eigenvalue weighted by Gasteiger charge is 2.42. The summed E-state index contributed by atoms with van der Waals surface area (Å²) >= 11 is 0. The van der Waals surface area contributed by atoms with Gasteiger partial charge in [0.15, 0.2) is 0 Å². The van der Waals surface area contributed by atoms with Crippen LogP contribution in [0.5, 0.6) is 0 Å². The summed E-state index contributed by atoms with van der Waals surface area (Å²) in [4.78, 5) is 2.39. The van der Waals surface area contributed by atoms with E-state index in [4.69, 9.17) is 0 Å². The van der Waals surface area contributed by atoms with Crippen molar-refractivity contribution in [1.82, 2.24) is 9.21 Å². The van der Waals surface area contributed by atoms with E-state index in [1.165, 1.54) is 32.1 Å². The number of hydrogen-bond donors (Lipinski definition) is 0. The molecule has 5 heteroatoms. The SMILES string of the molecule is O=S1(=O)CC(N2CCCC2)CN1C1CCCCC1. The molecule has 1 unspecified atom stereocenters. The summed E-state index contributed by atoms with van der Waals surface area (Å²) in [5, 5.41) is 0. The van der Waals surface area contributed by atoms with Gasteiger partial charge in [-0.1, -0.05) is 19.3 Å². The van der Waals surface area contributed by atoms with E-state index in [0.717, 1.165) is 32.5 Å². The summed E-state index contributed by atoms with van der Waals surface area (Å²) in [6, 6.07) is 0.566. The van der Waals surface area contributed by atoms with Gasteiger partial charge in [0.25, 0.3) is 0 Å². The van der Waals surface area contributed by atoms with E-state index in [-0.39, 0.29) is 6.04 Å². The average Bonchev–Trinajstić information content (AvgIpc) is 2.97. The van der Waals surface area contributed by atoms with E-state index in [0.29, 0.717) is 11.8 Å². The van der Waals surface area contributed by atoms with E-state index in [2.05, 4.69) is 4.90 Å². The second-order valence-corrected chi connectivity index (χ2v) is 8.00. The highest BCUT2D eigenvalue weighted by Crippen LogP contribution is 2.30. The minimum atomic E-state index is -2.98. The van der Waals surface area contributed by atoms with Gasteiger partial charge in [-0.05, 0) is 38.8 Å². The summed E-state index contributed by atoms with van der Waals surface area (Å²) in [5.74, 6) is 0.365. The molecule has 3 aliphatic rings. The molecule has 0 aromatic heterocycles. The van der Waals surface area contributed by atoms with Gasteiger partial charge in [-0.2, -0.15) is 4.31 Å². The Morgan fingerprint density at radius 2 is 1.50 bits per heavy atom. The van der Waals surface area contributed by atoms with Crippen molar-refractivity contribution in [2.45, 2.75) is 57.0 Å². The van der Waals surface area contributed by atoms with Crippen molar-refractivity contribution in [1.29, 1.82) is 0 Å². The number of likely N-dealkylation sites (tertiary alicyclic amines) is 1. The van der Waals surface area contributed by atoms with Gasteiger partial charge in [0.1, 0.15) is 0 Å². The van der Waals surface area contributed by atoms with Gasteiger partial charge in [0.05, 0.1) is 5.75 Å². The second kappa shape index (κ2) is 5.10. The predicted molar refractivity (Wildman–Crippen MR) is 72.0 cm³/mol. The first-order valence-corrected chi connectivity index (χ1v) is 9.01. The Morgan fingerprint density at radius 1 is 0.833 bits per heavy atom. The van der Waals surface area contributed by atoms with Crippen molar-refractivity contribution in [3.63, 3.8) is 0 Å². The zero-order chi connectivity index (χ0) is 12.6. The van der Waals surface area contributed by atoms with Gasteiger partial charge in [0.2, 0.25) is 10.0 Å². The van der Waals surface area contributed by atoms with Gasteiger partial charge in [-0.15, -0.1) is 0 Å². The first kappa shape index (κ1) is 12.9. The molecular formula is C13H24N2O2S. The molecule has 0 aromatic rings. The van der Waals surface area contributed by atoms with Gasteiger partial charge in [0, 0.05) is 18.6 Å². The lowest BCUT2D eigenvalue weighted by molar-refractivity contribution is 0.204. The molecule has 2 aliphatic heterocycles. The van der Waals surface area contributed by atoms with Crippen LogP contribution < -0.4 is 0 Å². The molecule has 0 radical (unpaired) electrons. The fourth-order valence-corrected chi connectivity index (χ4v) is 5.84. The fraction of sp³-hybridized carbons (Fsp3) is 1.00. The molecule has 0 aromatic carbocycles. The molecule has 1 saturated carbocycles. The molecule has 2 saturated heterocycles. The molecule has 1 aliphatic carbocycles. The lowest BCUT2D eigenvalue weighted by Crippen LogP contribution is -2.40. The van der Waals surface area contributed by atoms with Gasteiger partial charge in [-0.25, -0.2) is 8.42 Å². The molecule has 104 valence electrons. The molecule has 4 nitrogen and oxygen atoms in total. The number of sulfonamides is 1. The molecule has 0 bridgehead atoms. The van der Waals surface area contributed by atoms with Crippen LogP contribution in [-0.4, -0.2) is 55.1 Å². The summed E-state index contributed by atoms with van der Waals surface area (Å²) in [5.41, 5.74) is 0. The van der Waals surface area contributed by atoms with Crippen LogP contribution in [0.2, 0.25) is 0 Å². The Labute approximate surface area is 110 Å². The van der Waals surface area contributed by atoms with E-state index in [1.807, 2.05) is 4.31 Å². The summed E-state index contributed by atoms with van der Waals surface area (Å²) in [6.07, 6.45) is 8.30. The minimum Gasteiger partial charge on any atom is -0.298 e. The second-order valence-electron chi connectivity index (χ2n) is 6.04. The Morgan fingerprint density at radius 3 is 2.17 bits per heavy atom. The highest BCUT2D eigenvalue weighted by molar-refractivity contribution is 7.89.